The van der Waals surface area contributed by atoms with Gasteiger partial charge in [0.05, 0.1) is 11.7 Å². The number of aryl methyl sites for hydroxylation is 2. The minimum Gasteiger partial charge on any atom is -0.447 e. The number of nitrogens with zero attached hydrogens (tertiary/aromatic N) is 3. The van der Waals surface area contributed by atoms with Crippen LogP contribution in [0.2, 0.25) is 0 Å². The third kappa shape index (κ3) is 3.57. The molecule has 1 saturated carbocycles. The van der Waals surface area contributed by atoms with E-state index in [1.54, 1.807) is 18.7 Å². The number of aromatic nitrogens is 1. The van der Waals surface area contributed by atoms with E-state index in [1.807, 2.05) is 4.90 Å². The highest BCUT2D eigenvalue weighted by atomic mass is 16.6. The molecule has 2 aliphatic heterocycles. The topological polar surface area (TPSA) is 105 Å². The fraction of sp³-hybridized carbons (Fsp3) is 0.684. The lowest BCUT2D eigenvalue weighted by atomic mass is 9.85. The summed E-state index contributed by atoms with van der Waals surface area (Å²) in [6.45, 7) is 5.48. The minimum atomic E-state index is -0.273. The van der Waals surface area contributed by atoms with Gasteiger partial charge in [-0.3, -0.25) is 14.5 Å². The SMILES string of the molecule is Cc1nc(C)c(C(=O)NC2CCC(C(=O)N3CCN4C(=O)OCC4C3)CC2)o1. The molecule has 3 fully saturated rings. The van der Waals surface area contributed by atoms with Crippen LogP contribution in [0, 0.1) is 19.8 Å². The summed E-state index contributed by atoms with van der Waals surface area (Å²) in [5.74, 6) is 0.640. The minimum absolute atomic E-state index is 0.0190. The maximum atomic E-state index is 12.9. The molecule has 1 aromatic heterocycles. The first-order valence-corrected chi connectivity index (χ1v) is 9.89. The first kappa shape index (κ1) is 18.8. The van der Waals surface area contributed by atoms with Crippen LogP contribution in [-0.4, -0.2) is 71.0 Å². The number of carbonyl (C=O) groups excluding carboxylic acids is 3. The van der Waals surface area contributed by atoms with Crippen LogP contribution in [0.1, 0.15) is 47.8 Å². The Kier molecular flexibility index (Phi) is 4.99. The number of hydrogen-bond donors (Lipinski definition) is 1. The van der Waals surface area contributed by atoms with Crippen LogP contribution < -0.4 is 5.32 Å². The first-order valence-electron chi connectivity index (χ1n) is 9.89. The zero-order valence-electron chi connectivity index (χ0n) is 16.3. The molecule has 1 N–H and O–H groups in total. The van der Waals surface area contributed by atoms with E-state index in [2.05, 4.69) is 10.3 Å². The molecule has 0 aromatic carbocycles. The van der Waals surface area contributed by atoms with Gasteiger partial charge in [0.2, 0.25) is 11.7 Å². The van der Waals surface area contributed by atoms with Crippen LogP contribution >= 0.6 is 0 Å². The quantitative estimate of drug-likeness (QED) is 0.833. The van der Waals surface area contributed by atoms with Crippen LogP contribution in [0.25, 0.3) is 0 Å². The maximum absolute atomic E-state index is 12.9. The molecule has 2 saturated heterocycles. The van der Waals surface area contributed by atoms with Crippen LogP contribution in [-0.2, 0) is 9.53 Å². The Labute approximate surface area is 163 Å². The molecule has 28 heavy (non-hydrogen) atoms. The zero-order valence-corrected chi connectivity index (χ0v) is 16.3. The van der Waals surface area contributed by atoms with Gasteiger partial charge in [0.25, 0.3) is 5.91 Å². The Hall–Kier alpha value is -2.58. The number of nitrogens with one attached hydrogen (secondary N) is 1. The van der Waals surface area contributed by atoms with E-state index in [1.165, 1.54) is 0 Å². The van der Waals surface area contributed by atoms with Crippen LogP contribution in [0.3, 0.4) is 0 Å². The predicted molar refractivity (Wildman–Crippen MR) is 97.6 cm³/mol. The molecule has 1 aliphatic carbocycles. The second kappa shape index (κ2) is 7.44. The molecule has 0 radical (unpaired) electrons. The molecule has 9 heteroatoms. The molecule has 3 amide bonds. The van der Waals surface area contributed by atoms with Crippen molar-refractivity contribution in [1.82, 2.24) is 20.1 Å². The molecule has 0 spiro atoms. The van der Waals surface area contributed by atoms with Gasteiger partial charge in [-0.25, -0.2) is 9.78 Å². The summed E-state index contributed by atoms with van der Waals surface area (Å²) < 4.78 is 10.4. The van der Waals surface area contributed by atoms with Gasteiger partial charge in [0.1, 0.15) is 6.61 Å². The normalized spacial score (nSPS) is 27.4. The Morgan fingerprint density at radius 2 is 1.89 bits per heavy atom. The zero-order chi connectivity index (χ0) is 19.8. The molecule has 1 aromatic rings. The highest BCUT2D eigenvalue weighted by Gasteiger charge is 2.40. The van der Waals surface area contributed by atoms with Gasteiger partial charge in [-0.15, -0.1) is 0 Å². The molecule has 3 aliphatic rings. The third-order valence-electron chi connectivity index (χ3n) is 5.95. The molecular formula is C19H26N4O5. The number of amides is 3. The summed E-state index contributed by atoms with van der Waals surface area (Å²) in [5.41, 5.74) is 0.590. The van der Waals surface area contributed by atoms with Crippen molar-refractivity contribution in [3.8, 4) is 0 Å². The van der Waals surface area contributed by atoms with Crippen molar-refractivity contribution in [2.45, 2.75) is 51.6 Å². The van der Waals surface area contributed by atoms with Gasteiger partial charge < -0.3 is 19.4 Å². The highest BCUT2D eigenvalue weighted by molar-refractivity contribution is 5.92. The number of cyclic esters (lactones) is 1. The summed E-state index contributed by atoms with van der Waals surface area (Å²) in [7, 11) is 0. The number of ether oxygens (including phenoxy) is 1. The van der Waals surface area contributed by atoms with Crippen molar-refractivity contribution < 1.29 is 23.5 Å². The number of carbonyl (C=O) groups is 3. The number of fused-ring (bicyclic) bond motifs is 1. The smallest absolute Gasteiger partial charge is 0.410 e. The van der Waals surface area contributed by atoms with Crippen LogP contribution in [0.4, 0.5) is 4.79 Å². The number of piperazine rings is 1. The van der Waals surface area contributed by atoms with Gasteiger partial charge in [-0.1, -0.05) is 0 Å². The Bertz CT molecular complexity index is 783. The molecule has 152 valence electrons. The monoisotopic (exact) mass is 390 g/mol. The van der Waals surface area contributed by atoms with Crippen molar-refractivity contribution in [1.29, 1.82) is 0 Å². The second-order valence-electron chi connectivity index (χ2n) is 7.88. The molecule has 4 rings (SSSR count). The third-order valence-corrected chi connectivity index (χ3v) is 5.95. The lowest BCUT2D eigenvalue weighted by Gasteiger charge is -2.38. The highest BCUT2D eigenvalue weighted by Crippen LogP contribution is 2.28. The van der Waals surface area contributed by atoms with E-state index in [0.717, 1.165) is 25.7 Å². The van der Waals surface area contributed by atoms with Crippen LogP contribution in [0.15, 0.2) is 4.42 Å². The Morgan fingerprint density at radius 1 is 1.14 bits per heavy atom. The van der Waals surface area contributed by atoms with Gasteiger partial charge in [0, 0.05) is 38.5 Å². The molecule has 1 unspecified atom stereocenters. The number of hydrogen-bond acceptors (Lipinski definition) is 6. The Balaban J connectivity index is 1.27. The molecule has 0 bridgehead atoms. The van der Waals surface area contributed by atoms with E-state index in [-0.39, 0.29) is 41.7 Å². The standard InChI is InChI=1S/C19H26N4O5/c1-11-16(28-12(2)20-11)17(24)21-14-5-3-13(4-6-14)18(25)22-7-8-23-15(9-22)10-27-19(23)26/h13-15H,3-10H2,1-2H3,(H,21,24). The number of oxazole rings is 1. The average molecular weight is 390 g/mol. The first-order chi connectivity index (χ1) is 13.4. The summed E-state index contributed by atoms with van der Waals surface area (Å²) in [4.78, 5) is 44.6. The molecule has 1 atom stereocenters. The maximum Gasteiger partial charge on any atom is 0.410 e. The second-order valence-corrected chi connectivity index (χ2v) is 7.88. The lowest BCUT2D eigenvalue weighted by molar-refractivity contribution is -0.138. The Morgan fingerprint density at radius 3 is 2.57 bits per heavy atom. The largest absolute Gasteiger partial charge is 0.447 e. The van der Waals surface area contributed by atoms with E-state index in [4.69, 9.17) is 9.15 Å². The number of rotatable bonds is 3. The van der Waals surface area contributed by atoms with Gasteiger partial charge in [0.15, 0.2) is 5.89 Å². The van der Waals surface area contributed by atoms with Gasteiger partial charge in [-0.2, -0.15) is 0 Å². The van der Waals surface area contributed by atoms with E-state index in [0.29, 0.717) is 37.8 Å². The van der Waals surface area contributed by atoms with Gasteiger partial charge >= 0.3 is 6.09 Å². The average Bonchev–Trinajstić information content (AvgIpc) is 3.23. The van der Waals surface area contributed by atoms with E-state index in [9.17, 15) is 14.4 Å². The van der Waals surface area contributed by atoms with Crippen molar-refractivity contribution in [2.75, 3.05) is 26.2 Å². The van der Waals surface area contributed by atoms with Crippen molar-refractivity contribution in [3.05, 3.63) is 17.3 Å². The van der Waals surface area contributed by atoms with Gasteiger partial charge in [-0.05, 0) is 32.6 Å². The molecule has 3 heterocycles. The summed E-state index contributed by atoms with van der Waals surface area (Å²) >= 11 is 0. The predicted octanol–water partition coefficient (Wildman–Crippen LogP) is 1.24. The molecule has 9 nitrogen and oxygen atoms in total. The summed E-state index contributed by atoms with van der Waals surface area (Å²) in [5, 5.41) is 3.01. The van der Waals surface area contributed by atoms with E-state index < -0.39 is 0 Å². The fourth-order valence-corrected chi connectivity index (χ4v) is 4.42. The lowest BCUT2D eigenvalue weighted by Crippen LogP contribution is -2.55. The van der Waals surface area contributed by atoms with Crippen LogP contribution in [0.5, 0.6) is 0 Å². The van der Waals surface area contributed by atoms with Crippen molar-refractivity contribution in [3.63, 3.8) is 0 Å². The molecular weight excluding hydrogens is 364 g/mol. The van der Waals surface area contributed by atoms with Crippen molar-refractivity contribution in [2.24, 2.45) is 5.92 Å². The van der Waals surface area contributed by atoms with Crippen molar-refractivity contribution >= 4 is 17.9 Å². The summed E-state index contributed by atoms with van der Waals surface area (Å²) in [6, 6.07) is 0.0217. The fourth-order valence-electron chi connectivity index (χ4n) is 4.42. The summed E-state index contributed by atoms with van der Waals surface area (Å²) in [6.07, 6.45) is 2.75. The van der Waals surface area contributed by atoms with E-state index >= 15 is 0 Å².